The molecule has 3 atom stereocenters. The summed E-state index contributed by atoms with van der Waals surface area (Å²) in [7, 11) is 1.18. The molecule has 9 heteroatoms. The van der Waals surface area contributed by atoms with Crippen LogP contribution >= 0.6 is 7.82 Å². The molecule has 57 heavy (non-hydrogen) atoms. The molecule has 0 aliphatic heterocycles. The van der Waals surface area contributed by atoms with Gasteiger partial charge in [-0.05, 0) is 70.6 Å². The number of carbonyl (C=O) groups is 1. The molecule has 0 spiro atoms. The molecule has 0 radical (unpaired) electrons. The van der Waals surface area contributed by atoms with Gasteiger partial charge in [0, 0.05) is 6.42 Å². The van der Waals surface area contributed by atoms with E-state index in [2.05, 4.69) is 92.1 Å². The van der Waals surface area contributed by atoms with Crippen molar-refractivity contribution in [3.63, 3.8) is 0 Å². The molecule has 8 nitrogen and oxygen atoms in total. The van der Waals surface area contributed by atoms with Crippen molar-refractivity contribution >= 4 is 13.7 Å². The third kappa shape index (κ3) is 41.4. The summed E-state index contributed by atoms with van der Waals surface area (Å²) in [5, 5.41) is 13.7. The van der Waals surface area contributed by atoms with Gasteiger partial charge in [0.25, 0.3) is 7.82 Å². The van der Waals surface area contributed by atoms with Crippen LogP contribution in [0, 0.1) is 0 Å². The minimum Gasteiger partial charge on any atom is -0.756 e. The minimum atomic E-state index is -4.62. The number of rotatable bonds is 38. The Labute approximate surface area is 349 Å². The Kier molecular flexibility index (Phi) is 37.2. The van der Waals surface area contributed by atoms with Gasteiger partial charge in [-0.2, -0.15) is 0 Å². The van der Waals surface area contributed by atoms with Crippen LogP contribution in [0.4, 0.5) is 0 Å². The molecular formula is C48H83N2O6P. The molecule has 1 amide bonds. The highest BCUT2D eigenvalue weighted by atomic mass is 31.2. The number of quaternary nitrogens is 1. The van der Waals surface area contributed by atoms with Gasteiger partial charge in [-0.15, -0.1) is 0 Å². The van der Waals surface area contributed by atoms with Crippen LogP contribution in [0.1, 0.15) is 149 Å². The number of allylic oxidation sites excluding steroid dienone is 15. The number of nitrogens with one attached hydrogen (secondary N) is 1. The van der Waals surface area contributed by atoms with Crippen LogP contribution in [0.2, 0.25) is 0 Å². The topological polar surface area (TPSA) is 108 Å². The predicted molar refractivity (Wildman–Crippen MR) is 242 cm³/mol. The first-order valence-corrected chi connectivity index (χ1v) is 23.6. The van der Waals surface area contributed by atoms with Crippen molar-refractivity contribution in [2.75, 3.05) is 40.9 Å². The van der Waals surface area contributed by atoms with Crippen molar-refractivity contribution in [3.8, 4) is 0 Å². The Morgan fingerprint density at radius 3 is 1.61 bits per heavy atom. The lowest BCUT2D eigenvalue weighted by molar-refractivity contribution is -0.870. The first kappa shape index (κ1) is 54.4. The average molecular weight is 815 g/mol. The molecule has 0 bridgehead atoms. The van der Waals surface area contributed by atoms with E-state index in [-0.39, 0.29) is 18.9 Å². The monoisotopic (exact) mass is 815 g/mol. The molecule has 0 heterocycles. The number of phosphoric ester groups is 1. The van der Waals surface area contributed by atoms with E-state index in [1.807, 2.05) is 39.4 Å². The van der Waals surface area contributed by atoms with E-state index in [4.69, 9.17) is 9.05 Å². The molecular weight excluding hydrogens is 732 g/mol. The Hall–Kier alpha value is -2.58. The molecule has 0 aromatic heterocycles. The second-order valence-electron chi connectivity index (χ2n) is 15.7. The minimum absolute atomic E-state index is 0.0254. The van der Waals surface area contributed by atoms with Crippen LogP contribution in [-0.4, -0.2) is 68.5 Å². The third-order valence-electron chi connectivity index (χ3n) is 9.04. The van der Waals surface area contributed by atoms with E-state index in [1.165, 1.54) is 64.2 Å². The van der Waals surface area contributed by atoms with E-state index in [0.29, 0.717) is 17.4 Å². The van der Waals surface area contributed by atoms with E-state index in [1.54, 1.807) is 6.08 Å². The summed E-state index contributed by atoms with van der Waals surface area (Å²) >= 11 is 0. The maximum absolute atomic E-state index is 12.8. The molecule has 0 aromatic rings. The lowest BCUT2D eigenvalue weighted by atomic mass is 10.1. The van der Waals surface area contributed by atoms with Crippen LogP contribution < -0.4 is 10.2 Å². The van der Waals surface area contributed by atoms with Gasteiger partial charge in [0.05, 0.1) is 39.9 Å². The molecule has 0 saturated carbocycles. The largest absolute Gasteiger partial charge is 0.756 e. The number of unbranched alkanes of at least 4 members (excludes halogenated alkanes) is 11. The lowest BCUT2D eigenvalue weighted by Crippen LogP contribution is -2.45. The molecule has 0 fully saturated rings. The van der Waals surface area contributed by atoms with Gasteiger partial charge in [0.2, 0.25) is 5.91 Å². The number of aliphatic hydroxyl groups is 1. The zero-order valence-corrected chi connectivity index (χ0v) is 37.6. The normalized spacial score (nSPS) is 15.3. The Morgan fingerprint density at radius 2 is 1.09 bits per heavy atom. The highest BCUT2D eigenvalue weighted by Crippen LogP contribution is 2.38. The van der Waals surface area contributed by atoms with E-state index < -0.39 is 26.6 Å². The number of hydrogen-bond donors (Lipinski definition) is 2. The highest BCUT2D eigenvalue weighted by Gasteiger charge is 2.23. The fraction of sp³-hybridized carbons (Fsp3) is 0.646. The first-order valence-electron chi connectivity index (χ1n) is 22.1. The van der Waals surface area contributed by atoms with Gasteiger partial charge < -0.3 is 28.8 Å². The first-order chi connectivity index (χ1) is 27.5. The summed E-state index contributed by atoms with van der Waals surface area (Å²) in [4.78, 5) is 25.3. The molecule has 0 aliphatic carbocycles. The standard InChI is InChI=1S/C48H83N2O6P/c1-6-8-10-12-14-16-18-20-22-24-25-26-28-30-32-34-36-38-40-42-48(52)49-46(45-56-57(53,54)55-44-43-50(3,4)5)47(51)41-39-37-35-33-31-29-27-23-21-19-17-15-13-11-9-7-2/h8,10,14,16,20,22,25-26,30-33,36,38-39,41,46-47,51H,6-7,9,11-13,15,17-19,21,23-24,27-29,34-35,37,40,42-45H2,1-5H3,(H-,49,52,53,54)/b10-8-,16-14-,22-20-,26-25-,32-30-,33-31+,38-36-,41-39+. The molecule has 326 valence electrons. The zero-order chi connectivity index (χ0) is 42.1. The summed E-state index contributed by atoms with van der Waals surface area (Å²) in [6, 6.07) is -0.949. The van der Waals surface area contributed by atoms with Gasteiger partial charge in [-0.3, -0.25) is 9.36 Å². The fourth-order valence-corrected chi connectivity index (χ4v) is 6.26. The van der Waals surface area contributed by atoms with Gasteiger partial charge in [-0.25, -0.2) is 0 Å². The summed E-state index contributed by atoms with van der Waals surface area (Å²) in [6.45, 7) is 4.42. The average Bonchev–Trinajstić information content (AvgIpc) is 3.16. The summed E-state index contributed by atoms with van der Waals surface area (Å²) in [6.07, 6.45) is 54.7. The fourth-order valence-electron chi connectivity index (χ4n) is 5.54. The SMILES string of the molecule is CC/C=C\C/C=C\C/C=C\C/C=C\C/C=C\C/C=C\CCC(=O)NC(COP(=O)([O-])OCC[N+](C)(C)C)C(O)/C=C/CC/C=C/CCCCCCCCCCCC. The number of likely N-dealkylation sites (N-methyl/N-ethyl adjacent to an activating group) is 1. The lowest BCUT2D eigenvalue weighted by Gasteiger charge is -2.29. The van der Waals surface area contributed by atoms with Crippen LogP contribution in [0.5, 0.6) is 0 Å². The van der Waals surface area contributed by atoms with E-state index in [0.717, 1.165) is 57.8 Å². The summed E-state index contributed by atoms with van der Waals surface area (Å²) in [5.74, 6) is -0.294. The number of phosphoric acid groups is 1. The number of carbonyl (C=O) groups excluding carboxylic acids is 1. The second-order valence-corrected chi connectivity index (χ2v) is 17.1. The van der Waals surface area contributed by atoms with Crippen molar-refractivity contribution < 1.29 is 32.9 Å². The van der Waals surface area contributed by atoms with Crippen molar-refractivity contribution in [1.29, 1.82) is 0 Å². The van der Waals surface area contributed by atoms with Crippen molar-refractivity contribution in [3.05, 3.63) is 97.2 Å². The van der Waals surface area contributed by atoms with Gasteiger partial charge in [0.1, 0.15) is 13.2 Å². The number of amides is 1. The second kappa shape index (κ2) is 38.9. The molecule has 0 aromatic carbocycles. The van der Waals surface area contributed by atoms with E-state index >= 15 is 0 Å². The Bertz CT molecular complexity index is 1240. The maximum Gasteiger partial charge on any atom is 0.268 e. The molecule has 0 saturated heterocycles. The van der Waals surface area contributed by atoms with Gasteiger partial charge >= 0.3 is 0 Å². The van der Waals surface area contributed by atoms with Crippen LogP contribution in [0.15, 0.2) is 97.2 Å². The Morgan fingerprint density at radius 1 is 0.632 bits per heavy atom. The summed E-state index contributed by atoms with van der Waals surface area (Å²) in [5.41, 5.74) is 0. The van der Waals surface area contributed by atoms with Crippen molar-refractivity contribution in [1.82, 2.24) is 5.32 Å². The number of hydrogen-bond acceptors (Lipinski definition) is 6. The predicted octanol–water partition coefficient (Wildman–Crippen LogP) is 11.7. The summed E-state index contributed by atoms with van der Waals surface area (Å²) < 4.78 is 23.1. The number of aliphatic hydroxyl groups excluding tert-OH is 1. The van der Waals surface area contributed by atoms with Gasteiger partial charge in [-0.1, -0.05) is 169 Å². The quantitative estimate of drug-likeness (QED) is 0.0278. The van der Waals surface area contributed by atoms with Crippen molar-refractivity contribution in [2.45, 2.75) is 161 Å². The molecule has 2 N–H and O–H groups in total. The highest BCUT2D eigenvalue weighted by molar-refractivity contribution is 7.45. The molecule has 0 rings (SSSR count). The maximum atomic E-state index is 12.8. The van der Waals surface area contributed by atoms with Gasteiger partial charge in [0.15, 0.2) is 0 Å². The number of nitrogens with zero attached hydrogens (tertiary/aromatic N) is 1. The van der Waals surface area contributed by atoms with Crippen LogP contribution in [0.25, 0.3) is 0 Å². The van der Waals surface area contributed by atoms with E-state index in [9.17, 15) is 19.4 Å². The molecule has 0 aliphatic rings. The molecule has 3 unspecified atom stereocenters. The van der Waals surface area contributed by atoms with Crippen molar-refractivity contribution in [2.24, 2.45) is 0 Å². The van der Waals surface area contributed by atoms with Crippen LogP contribution in [-0.2, 0) is 18.4 Å². The zero-order valence-electron chi connectivity index (χ0n) is 36.7. The third-order valence-corrected chi connectivity index (χ3v) is 10.0. The smallest absolute Gasteiger partial charge is 0.268 e. The Balaban J connectivity index is 4.64. The van der Waals surface area contributed by atoms with Crippen LogP contribution in [0.3, 0.4) is 0 Å².